The van der Waals surface area contributed by atoms with Crippen LogP contribution in [-0.4, -0.2) is 29.1 Å². The van der Waals surface area contributed by atoms with E-state index in [0.29, 0.717) is 6.42 Å². The highest BCUT2D eigenvalue weighted by molar-refractivity contribution is 7.89. The maximum absolute atomic E-state index is 14.0. The minimum atomic E-state index is -3.87. The van der Waals surface area contributed by atoms with Crippen LogP contribution in [0.25, 0.3) is 0 Å². The lowest BCUT2D eigenvalue weighted by Crippen LogP contribution is -2.47. The molecule has 0 aromatic rings. The lowest BCUT2D eigenvalue weighted by Gasteiger charge is -2.36. The Morgan fingerprint density at radius 1 is 1.35 bits per heavy atom. The Labute approximate surface area is 110 Å². The molecular weight excluding hydrogens is 288 g/mol. The molecule has 3 rings (SSSR count). The van der Waals surface area contributed by atoms with Gasteiger partial charge in [0.15, 0.2) is 0 Å². The van der Waals surface area contributed by atoms with Gasteiger partial charge in [-0.25, -0.2) is 8.42 Å². The van der Waals surface area contributed by atoms with E-state index in [1.807, 2.05) is 13.8 Å². The van der Waals surface area contributed by atoms with Gasteiger partial charge in [0, 0.05) is 5.41 Å². The van der Waals surface area contributed by atoms with Gasteiger partial charge in [-0.1, -0.05) is 37.0 Å². The highest BCUT2D eigenvalue weighted by Gasteiger charge is 2.80. The van der Waals surface area contributed by atoms with Crippen molar-refractivity contribution in [2.75, 3.05) is 5.75 Å². The highest BCUT2D eigenvalue weighted by atomic mass is 35.5. The molecule has 0 N–H and O–H groups in total. The minimum Gasteiger partial charge on any atom is -0.210 e. The van der Waals surface area contributed by atoms with E-state index in [4.69, 9.17) is 23.2 Å². The van der Waals surface area contributed by atoms with Gasteiger partial charge in [-0.3, -0.25) is 0 Å². The van der Waals surface area contributed by atoms with Crippen LogP contribution in [-0.2, 0) is 10.0 Å². The number of halogens is 3. The second kappa shape index (κ2) is 2.94. The number of fused-ring (bicyclic) bond motifs is 1. The van der Waals surface area contributed by atoms with Gasteiger partial charge < -0.3 is 0 Å². The molecule has 3 aliphatic rings. The van der Waals surface area contributed by atoms with Crippen molar-refractivity contribution in [1.82, 2.24) is 4.53 Å². The molecule has 98 valence electrons. The van der Waals surface area contributed by atoms with E-state index >= 15 is 0 Å². The van der Waals surface area contributed by atoms with Crippen LogP contribution in [0.5, 0.6) is 0 Å². The van der Waals surface area contributed by atoms with Gasteiger partial charge in [0.1, 0.15) is 4.33 Å². The molecule has 1 aliphatic heterocycles. The summed E-state index contributed by atoms with van der Waals surface area (Å²) in [5.41, 5.74) is -0.996. The lowest BCUT2D eigenvalue weighted by molar-refractivity contribution is 0.0210. The van der Waals surface area contributed by atoms with E-state index in [1.165, 1.54) is 0 Å². The molecule has 7 heteroatoms. The zero-order valence-corrected chi connectivity index (χ0v) is 11.9. The Hall–Kier alpha value is 0.420. The third-order valence-electron chi connectivity index (χ3n) is 5.29. The Morgan fingerprint density at radius 3 is 2.47 bits per heavy atom. The fraction of sp³-hybridized carbons (Fsp3) is 1.00. The first-order chi connectivity index (χ1) is 7.57. The van der Waals surface area contributed by atoms with Crippen molar-refractivity contribution in [3.8, 4) is 0 Å². The topological polar surface area (TPSA) is 37.4 Å². The van der Waals surface area contributed by atoms with E-state index in [-0.39, 0.29) is 21.6 Å². The third kappa shape index (κ3) is 1.11. The molecule has 2 saturated carbocycles. The number of nitrogens with zero attached hydrogens (tertiary/aromatic N) is 1. The molecule has 2 aliphatic carbocycles. The first-order valence-electron chi connectivity index (χ1n) is 5.63. The fourth-order valence-corrected chi connectivity index (χ4v) is 7.97. The Kier molecular flexibility index (Phi) is 2.16. The molecule has 3 fully saturated rings. The fourth-order valence-electron chi connectivity index (χ4n) is 4.37. The standard InChI is InChI=1S/C10H14Cl2FNO2S/c1-8(2)6-3-4-9(8)5-17(15,16)14(13)7(9)10(6,11)12/h6-7H,3-5H2,1-2H3/t6-,7-,9+/m0/s1. The Balaban J connectivity index is 2.25. The van der Waals surface area contributed by atoms with Crippen molar-refractivity contribution in [3.63, 3.8) is 0 Å². The van der Waals surface area contributed by atoms with Crippen LogP contribution in [0, 0.1) is 16.7 Å². The molecular formula is C10H14Cl2FNO2S. The summed E-state index contributed by atoms with van der Waals surface area (Å²) in [6.07, 6.45) is 1.44. The van der Waals surface area contributed by atoms with Gasteiger partial charge in [-0.2, -0.15) is 0 Å². The Morgan fingerprint density at radius 2 is 1.94 bits per heavy atom. The number of hydrogen-bond acceptors (Lipinski definition) is 2. The third-order valence-corrected chi connectivity index (χ3v) is 7.86. The van der Waals surface area contributed by atoms with Crippen LogP contribution >= 0.6 is 23.2 Å². The SMILES string of the molecule is CC1(C)[C@@H]2CC[C@]13CS(=O)(=O)N(F)[C@@H]3C2(Cl)Cl. The highest BCUT2D eigenvalue weighted by Crippen LogP contribution is 2.75. The summed E-state index contributed by atoms with van der Waals surface area (Å²) < 4.78 is 36.2. The maximum atomic E-state index is 14.0. The molecule has 2 bridgehead atoms. The van der Waals surface area contributed by atoms with Crippen LogP contribution in [0.15, 0.2) is 0 Å². The van der Waals surface area contributed by atoms with Crippen molar-refractivity contribution in [2.45, 2.75) is 37.1 Å². The van der Waals surface area contributed by atoms with Crippen LogP contribution in [0.4, 0.5) is 4.48 Å². The van der Waals surface area contributed by atoms with Crippen LogP contribution in [0.2, 0.25) is 0 Å². The summed E-state index contributed by atoms with van der Waals surface area (Å²) in [5.74, 6) is -0.233. The van der Waals surface area contributed by atoms with E-state index in [0.717, 1.165) is 6.42 Å². The van der Waals surface area contributed by atoms with Crippen LogP contribution < -0.4 is 0 Å². The second-order valence-corrected chi connectivity index (χ2v) is 9.29. The molecule has 1 saturated heterocycles. The Bertz CT molecular complexity index is 493. The minimum absolute atomic E-state index is 0.0583. The van der Waals surface area contributed by atoms with Crippen molar-refractivity contribution in [3.05, 3.63) is 0 Å². The molecule has 3 nitrogen and oxygen atoms in total. The summed E-state index contributed by atoms with van der Waals surface area (Å²) in [7, 11) is -3.87. The van der Waals surface area contributed by atoms with E-state index in [9.17, 15) is 12.9 Å². The van der Waals surface area contributed by atoms with Crippen molar-refractivity contribution in [1.29, 1.82) is 0 Å². The van der Waals surface area contributed by atoms with Gasteiger partial charge in [0.25, 0.3) is 0 Å². The number of alkyl halides is 2. The van der Waals surface area contributed by atoms with E-state index in [1.54, 1.807) is 0 Å². The molecule has 0 unspecified atom stereocenters. The van der Waals surface area contributed by atoms with Gasteiger partial charge >= 0.3 is 0 Å². The molecule has 3 atom stereocenters. The number of hydrogen-bond donors (Lipinski definition) is 0. The number of sulfonamides is 1. The average Bonchev–Trinajstić information content (AvgIpc) is 2.53. The van der Waals surface area contributed by atoms with Crippen LogP contribution in [0.3, 0.4) is 0 Å². The van der Waals surface area contributed by atoms with Gasteiger partial charge in [0.2, 0.25) is 10.0 Å². The largest absolute Gasteiger partial charge is 0.241 e. The zero-order chi connectivity index (χ0) is 12.9. The van der Waals surface area contributed by atoms with Gasteiger partial charge in [-0.05, 0) is 28.7 Å². The van der Waals surface area contributed by atoms with Crippen LogP contribution in [0.1, 0.15) is 26.7 Å². The van der Waals surface area contributed by atoms with Gasteiger partial charge in [-0.15, -0.1) is 4.48 Å². The molecule has 1 heterocycles. The summed E-state index contributed by atoms with van der Waals surface area (Å²) in [4.78, 5) is 0. The van der Waals surface area contributed by atoms with Gasteiger partial charge in [0.05, 0.1) is 11.8 Å². The second-order valence-electron chi connectivity index (χ2n) is 6.04. The van der Waals surface area contributed by atoms with Crippen molar-refractivity contribution < 1.29 is 12.9 Å². The molecule has 0 aromatic carbocycles. The first-order valence-corrected chi connectivity index (χ1v) is 7.99. The lowest BCUT2D eigenvalue weighted by atomic mass is 9.69. The summed E-state index contributed by atoms with van der Waals surface area (Å²) in [6, 6.07) is -0.933. The molecule has 0 amide bonds. The summed E-state index contributed by atoms with van der Waals surface area (Å²) in [6.45, 7) is 3.91. The smallest absolute Gasteiger partial charge is 0.210 e. The van der Waals surface area contributed by atoms with Crippen molar-refractivity contribution in [2.24, 2.45) is 16.7 Å². The molecule has 17 heavy (non-hydrogen) atoms. The zero-order valence-electron chi connectivity index (χ0n) is 9.58. The predicted molar refractivity (Wildman–Crippen MR) is 63.9 cm³/mol. The number of rotatable bonds is 0. The average molecular weight is 302 g/mol. The predicted octanol–water partition coefficient (Wildman–Crippen LogP) is 2.50. The summed E-state index contributed by atoms with van der Waals surface area (Å²) in [5, 5.41) is 0. The molecule has 0 radical (unpaired) electrons. The monoisotopic (exact) mass is 301 g/mol. The van der Waals surface area contributed by atoms with E-state index in [2.05, 4.69) is 0 Å². The molecule has 0 aromatic heterocycles. The maximum Gasteiger partial charge on any atom is 0.241 e. The normalized spacial score (nSPS) is 49.5. The van der Waals surface area contributed by atoms with Crippen molar-refractivity contribution >= 4 is 33.2 Å². The van der Waals surface area contributed by atoms with E-state index < -0.39 is 25.8 Å². The first kappa shape index (κ1) is 12.5. The molecule has 1 spiro atoms. The summed E-state index contributed by atoms with van der Waals surface area (Å²) >= 11 is 12.6. The quantitative estimate of drug-likeness (QED) is 0.509.